The molecule has 1 amide bonds. The van der Waals surface area contributed by atoms with Gasteiger partial charge in [0.2, 0.25) is 15.9 Å². The largest absolute Gasteiger partial charge is 0.376 e. The summed E-state index contributed by atoms with van der Waals surface area (Å²) in [7, 11) is -3.55. The molecule has 0 spiro atoms. The van der Waals surface area contributed by atoms with Crippen LogP contribution in [0.4, 0.5) is 11.4 Å². The van der Waals surface area contributed by atoms with E-state index in [1.807, 2.05) is 45.0 Å². The first-order valence-electron chi connectivity index (χ1n) is 8.99. The van der Waals surface area contributed by atoms with Crippen LogP contribution in [-0.2, 0) is 14.8 Å². The molecule has 2 aromatic rings. The highest BCUT2D eigenvalue weighted by Crippen LogP contribution is 2.23. The number of carbonyl (C=O) groups excluding carboxylic acids is 1. The van der Waals surface area contributed by atoms with Crippen LogP contribution in [0.2, 0.25) is 0 Å². The molecule has 0 heterocycles. The van der Waals surface area contributed by atoms with Crippen LogP contribution >= 0.6 is 0 Å². The molecule has 2 aromatic carbocycles. The molecule has 0 aliphatic rings. The summed E-state index contributed by atoms with van der Waals surface area (Å²) in [6.07, 6.45) is 0. The summed E-state index contributed by atoms with van der Waals surface area (Å²) in [6, 6.07) is 12.6. The summed E-state index contributed by atoms with van der Waals surface area (Å²) >= 11 is 0. The Morgan fingerprint density at radius 2 is 1.67 bits per heavy atom. The van der Waals surface area contributed by atoms with E-state index in [0.717, 1.165) is 11.3 Å². The fraction of sp³-hybridized carbons (Fsp3) is 0.350. The van der Waals surface area contributed by atoms with Crippen LogP contribution < -0.4 is 10.6 Å². The Morgan fingerprint density at radius 3 is 2.30 bits per heavy atom. The van der Waals surface area contributed by atoms with E-state index in [2.05, 4.69) is 10.6 Å². The number of nitrogens with one attached hydrogen (secondary N) is 2. The highest BCUT2D eigenvalue weighted by atomic mass is 32.2. The van der Waals surface area contributed by atoms with Gasteiger partial charge in [-0.15, -0.1) is 0 Å². The lowest BCUT2D eigenvalue weighted by Gasteiger charge is -2.20. The predicted molar refractivity (Wildman–Crippen MR) is 110 cm³/mol. The van der Waals surface area contributed by atoms with Gasteiger partial charge in [0.25, 0.3) is 0 Å². The molecule has 27 heavy (non-hydrogen) atoms. The van der Waals surface area contributed by atoms with Crippen molar-refractivity contribution in [1.82, 2.24) is 4.31 Å². The molecule has 7 heteroatoms. The molecule has 0 saturated carbocycles. The average Bonchev–Trinajstić information content (AvgIpc) is 2.63. The van der Waals surface area contributed by atoms with E-state index in [0.29, 0.717) is 24.3 Å². The topological polar surface area (TPSA) is 78.5 Å². The molecule has 0 radical (unpaired) electrons. The third-order valence-corrected chi connectivity index (χ3v) is 6.58. The Kier molecular flexibility index (Phi) is 6.98. The minimum absolute atomic E-state index is 0.0438. The molecule has 0 saturated heterocycles. The van der Waals surface area contributed by atoms with Gasteiger partial charge in [-0.2, -0.15) is 4.31 Å². The number of amides is 1. The molecule has 0 fully saturated rings. The van der Waals surface area contributed by atoms with Gasteiger partial charge in [-0.3, -0.25) is 4.79 Å². The highest BCUT2D eigenvalue weighted by molar-refractivity contribution is 7.89. The Morgan fingerprint density at radius 1 is 1.00 bits per heavy atom. The minimum Gasteiger partial charge on any atom is -0.376 e. The second-order valence-corrected chi connectivity index (χ2v) is 8.19. The number of benzene rings is 2. The first kappa shape index (κ1) is 20.9. The van der Waals surface area contributed by atoms with Crippen LogP contribution in [0.25, 0.3) is 0 Å². The van der Waals surface area contributed by atoms with Gasteiger partial charge in [0, 0.05) is 24.5 Å². The van der Waals surface area contributed by atoms with Gasteiger partial charge in [-0.1, -0.05) is 38.1 Å². The van der Waals surface area contributed by atoms with Crippen molar-refractivity contribution in [2.75, 3.05) is 30.3 Å². The standard InChI is InChI=1S/C20H27N3O3S/c1-5-23(6-2)27(25,26)19-13-17(12-11-16(19)4)21-14-20(24)22-18-10-8-7-9-15(18)3/h7-13,21H,5-6,14H2,1-4H3,(H,22,24). The first-order valence-corrected chi connectivity index (χ1v) is 10.4. The number of nitrogens with zero attached hydrogens (tertiary/aromatic N) is 1. The third-order valence-electron chi connectivity index (χ3n) is 4.38. The summed E-state index contributed by atoms with van der Waals surface area (Å²) in [5.74, 6) is -0.196. The van der Waals surface area contributed by atoms with Crippen molar-refractivity contribution >= 4 is 27.3 Å². The molecule has 2 N–H and O–H groups in total. The second kappa shape index (κ2) is 9.01. The lowest BCUT2D eigenvalue weighted by molar-refractivity contribution is -0.114. The maximum absolute atomic E-state index is 12.8. The number of para-hydroxylation sites is 1. The van der Waals surface area contributed by atoms with Gasteiger partial charge in [0.1, 0.15) is 0 Å². The zero-order valence-corrected chi connectivity index (χ0v) is 17.1. The van der Waals surface area contributed by atoms with Crippen LogP contribution in [0.1, 0.15) is 25.0 Å². The number of sulfonamides is 1. The lowest BCUT2D eigenvalue weighted by Crippen LogP contribution is -2.31. The van der Waals surface area contributed by atoms with Crippen LogP contribution in [0.5, 0.6) is 0 Å². The van der Waals surface area contributed by atoms with Crippen molar-refractivity contribution in [2.45, 2.75) is 32.6 Å². The first-order chi connectivity index (χ1) is 12.8. The van der Waals surface area contributed by atoms with Crippen LogP contribution in [-0.4, -0.2) is 38.3 Å². The summed E-state index contributed by atoms with van der Waals surface area (Å²) in [5, 5.41) is 5.85. The normalized spacial score (nSPS) is 11.4. The smallest absolute Gasteiger partial charge is 0.243 e. The zero-order chi connectivity index (χ0) is 20.0. The molecule has 0 atom stereocenters. The molecule has 2 rings (SSSR count). The van der Waals surface area contributed by atoms with Crippen LogP contribution in [0.3, 0.4) is 0 Å². The van der Waals surface area contributed by atoms with Gasteiger partial charge >= 0.3 is 0 Å². The van der Waals surface area contributed by atoms with E-state index in [-0.39, 0.29) is 17.3 Å². The zero-order valence-electron chi connectivity index (χ0n) is 16.2. The molecule has 0 aliphatic carbocycles. The average molecular weight is 390 g/mol. The molecule has 6 nitrogen and oxygen atoms in total. The molecule has 146 valence electrons. The maximum atomic E-state index is 12.8. The molecular weight excluding hydrogens is 362 g/mol. The summed E-state index contributed by atoms with van der Waals surface area (Å²) in [6.45, 7) is 8.19. The van der Waals surface area contributed by atoms with Gasteiger partial charge in [-0.25, -0.2) is 8.42 Å². The summed E-state index contributed by atoms with van der Waals surface area (Å²) in [4.78, 5) is 12.4. The number of anilines is 2. The quantitative estimate of drug-likeness (QED) is 0.725. The summed E-state index contributed by atoms with van der Waals surface area (Å²) < 4.78 is 27.0. The molecule has 0 aromatic heterocycles. The number of rotatable bonds is 8. The van der Waals surface area contributed by atoms with Crippen molar-refractivity contribution in [3.63, 3.8) is 0 Å². The van der Waals surface area contributed by atoms with Gasteiger partial charge in [0.15, 0.2) is 0 Å². The lowest BCUT2D eigenvalue weighted by atomic mass is 10.2. The van der Waals surface area contributed by atoms with E-state index < -0.39 is 10.0 Å². The number of aryl methyl sites for hydroxylation is 2. The van der Waals surface area contributed by atoms with Crippen molar-refractivity contribution in [3.05, 3.63) is 53.6 Å². The van der Waals surface area contributed by atoms with E-state index >= 15 is 0 Å². The number of hydrogen-bond donors (Lipinski definition) is 2. The fourth-order valence-electron chi connectivity index (χ4n) is 2.78. The predicted octanol–water partition coefficient (Wildman–Crippen LogP) is 3.38. The second-order valence-electron chi connectivity index (χ2n) is 6.29. The number of hydrogen-bond acceptors (Lipinski definition) is 4. The van der Waals surface area contributed by atoms with Crippen LogP contribution in [0.15, 0.2) is 47.4 Å². The fourth-order valence-corrected chi connectivity index (χ4v) is 4.49. The highest BCUT2D eigenvalue weighted by Gasteiger charge is 2.23. The molecule has 0 unspecified atom stereocenters. The third kappa shape index (κ3) is 5.08. The van der Waals surface area contributed by atoms with Gasteiger partial charge in [0.05, 0.1) is 11.4 Å². The monoisotopic (exact) mass is 389 g/mol. The van der Waals surface area contributed by atoms with E-state index in [9.17, 15) is 13.2 Å². The van der Waals surface area contributed by atoms with E-state index in [1.165, 1.54) is 4.31 Å². The molecule has 0 aliphatic heterocycles. The van der Waals surface area contributed by atoms with Crippen molar-refractivity contribution in [3.8, 4) is 0 Å². The summed E-state index contributed by atoms with van der Waals surface area (Å²) in [5.41, 5.74) is 3.01. The van der Waals surface area contributed by atoms with Crippen molar-refractivity contribution in [2.24, 2.45) is 0 Å². The van der Waals surface area contributed by atoms with Crippen LogP contribution in [0, 0.1) is 13.8 Å². The van der Waals surface area contributed by atoms with E-state index in [4.69, 9.17) is 0 Å². The Bertz CT molecular complexity index is 906. The maximum Gasteiger partial charge on any atom is 0.243 e. The minimum atomic E-state index is -3.55. The molecular formula is C20H27N3O3S. The van der Waals surface area contributed by atoms with Gasteiger partial charge < -0.3 is 10.6 Å². The Labute approximate surface area is 161 Å². The Balaban J connectivity index is 2.12. The SMILES string of the molecule is CCN(CC)S(=O)(=O)c1cc(NCC(=O)Nc2ccccc2C)ccc1C. The van der Waals surface area contributed by atoms with E-state index in [1.54, 1.807) is 25.1 Å². The Hall–Kier alpha value is -2.38. The number of carbonyl (C=O) groups is 1. The van der Waals surface area contributed by atoms with Gasteiger partial charge in [-0.05, 0) is 43.2 Å². The van der Waals surface area contributed by atoms with Crippen molar-refractivity contribution < 1.29 is 13.2 Å². The van der Waals surface area contributed by atoms with Crippen molar-refractivity contribution in [1.29, 1.82) is 0 Å². The molecule has 0 bridgehead atoms.